The van der Waals surface area contributed by atoms with E-state index in [-0.39, 0.29) is 23.6 Å². The summed E-state index contributed by atoms with van der Waals surface area (Å²) >= 11 is 5.46. The Morgan fingerprint density at radius 2 is 2.40 bits per heavy atom. The van der Waals surface area contributed by atoms with E-state index in [1.54, 1.807) is 6.92 Å². The number of nitrogens with zero attached hydrogens (tertiary/aromatic N) is 2. The first-order chi connectivity index (χ1) is 7.13. The van der Waals surface area contributed by atoms with E-state index in [0.29, 0.717) is 6.54 Å². The second kappa shape index (κ2) is 5.45. The number of nitrogens with one attached hydrogen (secondary N) is 2. The van der Waals surface area contributed by atoms with Crippen molar-refractivity contribution in [3.8, 4) is 0 Å². The van der Waals surface area contributed by atoms with Gasteiger partial charge in [-0.3, -0.25) is 4.79 Å². The van der Waals surface area contributed by atoms with E-state index < -0.39 is 5.82 Å². The number of aromatic nitrogens is 2. The van der Waals surface area contributed by atoms with Crippen LogP contribution in [0.4, 0.5) is 10.2 Å². The zero-order valence-electron chi connectivity index (χ0n) is 8.05. The summed E-state index contributed by atoms with van der Waals surface area (Å²) in [6.45, 7) is 2.26. The van der Waals surface area contributed by atoms with Crippen LogP contribution in [-0.4, -0.2) is 29.0 Å². The highest BCUT2D eigenvalue weighted by Gasteiger charge is 2.06. The third-order valence-corrected chi connectivity index (χ3v) is 1.69. The van der Waals surface area contributed by atoms with Crippen molar-refractivity contribution in [2.75, 3.05) is 18.4 Å². The van der Waals surface area contributed by atoms with Crippen LogP contribution in [-0.2, 0) is 4.79 Å². The van der Waals surface area contributed by atoms with E-state index in [1.807, 2.05) is 0 Å². The zero-order chi connectivity index (χ0) is 11.3. The van der Waals surface area contributed by atoms with Crippen LogP contribution in [0.15, 0.2) is 6.20 Å². The Hall–Kier alpha value is -1.43. The van der Waals surface area contributed by atoms with Crippen LogP contribution in [0.3, 0.4) is 0 Å². The second-order valence-electron chi connectivity index (χ2n) is 2.64. The summed E-state index contributed by atoms with van der Waals surface area (Å²) in [6, 6.07) is 0. The highest BCUT2D eigenvalue weighted by molar-refractivity contribution is 6.28. The summed E-state index contributed by atoms with van der Waals surface area (Å²) in [7, 11) is 0. The van der Waals surface area contributed by atoms with Crippen LogP contribution < -0.4 is 10.6 Å². The number of hydrogen-bond donors (Lipinski definition) is 2. The minimum absolute atomic E-state index is 0.0574. The maximum atomic E-state index is 13.0. The van der Waals surface area contributed by atoms with Crippen LogP contribution >= 0.6 is 11.6 Å². The average molecular weight is 233 g/mol. The molecule has 82 valence electrons. The summed E-state index contributed by atoms with van der Waals surface area (Å²) in [6.07, 6.45) is 0.940. The molecule has 0 radical (unpaired) electrons. The van der Waals surface area contributed by atoms with Gasteiger partial charge in [-0.25, -0.2) is 9.37 Å². The molecule has 1 aromatic rings. The lowest BCUT2D eigenvalue weighted by atomic mass is 10.5. The largest absolute Gasteiger partial charge is 0.358 e. The number of amides is 1. The molecular formula is C8H10ClFN4O. The van der Waals surface area contributed by atoms with Gasteiger partial charge in [0.15, 0.2) is 11.6 Å². The molecule has 1 amide bonds. The summed E-state index contributed by atoms with van der Waals surface area (Å²) in [5.41, 5.74) is 0. The summed E-state index contributed by atoms with van der Waals surface area (Å²) in [4.78, 5) is 18.1. The molecule has 0 fully saturated rings. The van der Waals surface area contributed by atoms with E-state index in [9.17, 15) is 9.18 Å². The van der Waals surface area contributed by atoms with Gasteiger partial charge in [0.2, 0.25) is 11.2 Å². The number of anilines is 1. The van der Waals surface area contributed by atoms with Crippen molar-refractivity contribution in [1.29, 1.82) is 0 Å². The minimum Gasteiger partial charge on any atom is -0.358 e. The van der Waals surface area contributed by atoms with Crippen LogP contribution in [0.1, 0.15) is 6.92 Å². The molecule has 15 heavy (non-hydrogen) atoms. The normalized spacial score (nSPS) is 9.80. The van der Waals surface area contributed by atoms with Gasteiger partial charge in [-0.05, 0) is 18.5 Å². The van der Waals surface area contributed by atoms with Crippen molar-refractivity contribution >= 4 is 23.3 Å². The molecular weight excluding hydrogens is 223 g/mol. The maximum Gasteiger partial charge on any atom is 0.239 e. The number of hydrogen-bond acceptors (Lipinski definition) is 4. The molecule has 0 aliphatic heterocycles. The molecule has 1 rings (SSSR count). The van der Waals surface area contributed by atoms with Crippen molar-refractivity contribution in [3.05, 3.63) is 17.3 Å². The molecule has 1 aromatic heterocycles. The Morgan fingerprint density at radius 3 is 3.07 bits per heavy atom. The minimum atomic E-state index is -0.649. The first-order valence-corrected chi connectivity index (χ1v) is 4.70. The first kappa shape index (κ1) is 11.6. The second-order valence-corrected chi connectivity index (χ2v) is 2.98. The van der Waals surface area contributed by atoms with Gasteiger partial charge in [0.1, 0.15) is 0 Å². The lowest BCUT2D eigenvalue weighted by Crippen LogP contribution is -2.29. The Balaban J connectivity index is 2.57. The van der Waals surface area contributed by atoms with Gasteiger partial charge < -0.3 is 10.6 Å². The van der Waals surface area contributed by atoms with Gasteiger partial charge in [0, 0.05) is 6.54 Å². The van der Waals surface area contributed by atoms with Crippen molar-refractivity contribution in [3.63, 3.8) is 0 Å². The van der Waals surface area contributed by atoms with E-state index in [2.05, 4.69) is 20.6 Å². The third-order valence-electron chi connectivity index (χ3n) is 1.51. The summed E-state index contributed by atoms with van der Waals surface area (Å²) in [5, 5.41) is 4.99. The van der Waals surface area contributed by atoms with Crippen LogP contribution in [0.5, 0.6) is 0 Å². The molecule has 0 aliphatic rings. The Morgan fingerprint density at radius 1 is 1.67 bits per heavy atom. The molecule has 0 atom stereocenters. The molecule has 0 aromatic carbocycles. The summed E-state index contributed by atoms with van der Waals surface area (Å²) < 4.78 is 13.0. The number of likely N-dealkylation sites (N-methyl/N-ethyl adjacent to an activating group) is 1. The standard InChI is InChI=1S/C8H10ClFN4O/c1-2-11-6(15)4-12-7-5(10)3-13-8(9)14-7/h3H,2,4H2,1H3,(H,11,15)(H,12,13,14). The van der Waals surface area contributed by atoms with E-state index in [4.69, 9.17) is 11.6 Å². The Bertz CT molecular complexity index is 360. The van der Waals surface area contributed by atoms with Gasteiger partial charge >= 0.3 is 0 Å². The SMILES string of the molecule is CCNC(=O)CNc1nc(Cl)ncc1F. The lowest BCUT2D eigenvalue weighted by molar-refractivity contribution is -0.119. The lowest BCUT2D eigenvalue weighted by Gasteiger charge is -2.05. The van der Waals surface area contributed by atoms with Crippen LogP contribution in [0.25, 0.3) is 0 Å². The fourth-order valence-corrected chi connectivity index (χ4v) is 1.03. The van der Waals surface area contributed by atoms with Gasteiger partial charge in [0.25, 0.3) is 0 Å². The number of carbonyl (C=O) groups is 1. The number of halogens is 2. The Kier molecular flexibility index (Phi) is 4.23. The van der Waals surface area contributed by atoms with Crippen molar-refractivity contribution < 1.29 is 9.18 Å². The summed E-state index contributed by atoms with van der Waals surface area (Å²) in [5.74, 6) is -0.975. The van der Waals surface area contributed by atoms with E-state index in [1.165, 1.54) is 0 Å². The molecule has 0 bridgehead atoms. The van der Waals surface area contributed by atoms with Gasteiger partial charge in [-0.1, -0.05) is 0 Å². The average Bonchev–Trinajstić information content (AvgIpc) is 2.20. The van der Waals surface area contributed by atoms with Gasteiger partial charge in [-0.2, -0.15) is 4.98 Å². The van der Waals surface area contributed by atoms with Gasteiger partial charge in [0.05, 0.1) is 12.7 Å². The number of carbonyl (C=O) groups excluding carboxylic acids is 1. The molecule has 0 saturated carbocycles. The quantitative estimate of drug-likeness (QED) is 0.755. The smallest absolute Gasteiger partial charge is 0.239 e. The molecule has 0 spiro atoms. The van der Waals surface area contributed by atoms with Crippen molar-refractivity contribution in [2.24, 2.45) is 0 Å². The first-order valence-electron chi connectivity index (χ1n) is 4.32. The Labute approximate surface area is 91.1 Å². The van der Waals surface area contributed by atoms with E-state index in [0.717, 1.165) is 6.20 Å². The predicted molar refractivity (Wildman–Crippen MR) is 54.2 cm³/mol. The van der Waals surface area contributed by atoms with Crippen LogP contribution in [0, 0.1) is 5.82 Å². The molecule has 2 N–H and O–H groups in total. The fraction of sp³-hybridized carbons (Fsp3) is 0.375. The fourth-order valence-electron chi connectivity index (χ4n) is 0.893. The third kappa shape index (κ3) is 3.67. The van der Waals surface area contributed by atoms with E-state index >= 15 is 0 Å². The topological polar surface area (TPSA) is 66.9 Å². The van der Waals surface area contributed by atoms with Crippen LogP contribution in [0.2, 0.25) is 5.28 Å². The monoisotopic (exact) mass is 232 g/mol. The maximum absolute atomic E-state index is 13.0. The van der Waals surface area contributed by atoms with Gasteiger partial charge in [-0.15, -0.1) is 0 Å². The van der Waals surface area contributed by atoms with Crippen molar-refractivity contribution in [1.82, 2.24) is 15.3 Å². The molecule has 0 unspecified atom stereocenters. The van der Waals surface area contributed by atoms with Crippen molar-refractivity contribution in [2.45, 2.75) is 6.92 Å². The molecule has 5 nitrogen and oxygen atoms in total. The molecule has 1 heterocycles. The predicted octanol–water partition coefficient (Wildman–Crippen LogP) is 0.817. The molecule has 0 aliphatic carbocycles. The molecule has 7 heteroatoms. The molecule has 0 saturated heterocycles. The zero-order valence-corrected chi connectivity index (χ0v) is 8.81. The number of rotatable bonds is 4. The highest BCUT2D eigenvalue weighted by Crippen LogP contribution is 2.11. The highest BCUT2D eigenvalue weighted by atomic mass is 35.5.